The van der Waals surface area contributed by atoms with Gasteiger partial charge in [0, 0.05) is 0 Å². The number of hydrogen-bond donors (Lipinski definition) is 2. The molecule has 0 bridgehead atoms. The first-order valence-corrected chi connectivity index (χ1v) is 9.19. The Balaban J connectivity index is 1.46. The van der Waals surface area contributed by atoms with Crippen molar-refractivity contribution >= 4 is 17.8 Å². The van der Waals surface area contributed by atoms with Crippen LogP contribution in [0.5, 0.6) is 5.75 Å². The van der Waals surface area contributed by atoms with Gasteiger partial charge in [-0.05, 0) is 25.0 Å². The lowest BCUT2D eigenvalue weighted by Crippen LogP contribution is -2.47. The van der Waals surface area contributed by atoms with Crippen LogP contribution in [0.3, 0.4) is 0 Å². The highest BCUT2D eigenvalue weighted by atomic mass is 16.5. The molecule has 1 saturated heterocycles. The summed E-state index contributed by atoms with van der Waals surface area (Å²) in [6.07, 6.45) is 5.30. The highest BCUT2D eigenvalue weighted by molar-refractivity contribution is 6.09. The normalized spacial score (nSPS) is 19.2. The van der Waals surface area contributed by atoms with Crippen molar-refractivity contribution in [1.29, 1.82) is 0 Å². The van der Waals surface area contributed by atoms with E-state index in [1.165, 1.54) is 0 Å². The Morgan fingerprint density at radius 3 is 2.50 bits per heavy atom. The zero-order valence-electron chi connectivity index (χ0n) is 14.8. The number of ether oxygens (including phenoxy) is 1. The van der Waals surface area contributed by atoms with Gasteiger partial charge in [0.1, 0.15) is 24.4 Å². The van der Waals surface area contributed by atoms with Crippen molar-refractivity contribution in [2.75, 3.05) is 19.7 Å². The molecule has 26 heavy (non-hydrogen) atoms. The molecule has 1 aromatic carbocycles. The monoisotopic (exact) mass is 359 g/mol. The molecule has 140 valence electrons. The lowest BCUT2D eigenvalue weighted by Gasteiger charge is -2.24. The lowest BCUT2D eigenvalue weighted by molar-refractivity contribution is -0.135. The van der Waals surface area contributed by atoms with Crippen molar-refractivity contribution in [1.82, 2.24) is 15.5 Å². The second-order valence-electron chi connectivity index (χ2n) is 6.83. The summed E-state index contributed by atoms with van der Waals surface area (Å²) in [6, 6.07) is 8.84. The van der Waals surface area contributed by atoms with Gasteiger partial charge < -0.3 is 15.4 Å². The van der Waals surface area contributed by atoms with Gasteiger partial charge in [0.25, 0.3) is 5.91 Å². The third-order valence-corrected chi connectivity index (χ3v) is 4.94. The molecule has 2 N–H and O–H groups in total. The Hall–Kier alpha value is -2.57. The van der Waals surface area contributed by atoms with Crippen LogP contribution in [0.15, 0.2) is 30.3 Å². The molecular weight excluding hydrogens is 334 g/mol. The quantitative estimate of drug-likeness (QED) is 0.599. The van der Waals surface area contributed by atoms with E-state index in [-0.39, 0.29) is 18.4 Å². The molecule has 7 heteroatoms. The Labute approximate surface area is 153 Å². The van der Waals surface area contributed by atoms with Gasteiger partial charge in [0.2, 0.25) is 5.91 Å². The predicted octanol–water partition coefficient (Wildman–Crippen LogP) is 1.83. The van der Waals surface area contributed by atoms with E-state index in [0.29, 0.717) is 26.0 Å². The molecule has 0 unspecified atom stereocenters. The van der Waals surface area contributed by atoms with Crippen molar-refractivity contribution in [3.05, 3.63) is 30.3 Å². The fraction of sp³-hybridized carbons (Fsp3) is 0.526. The molecule has 0 aromatic heterocycles. The first-order chi connectivity index (χ1) is 12.6. The minimum absolute atomic E-state index is 0.252. The number of amides is 4. The van der Waals surface area contributed by atoms with Gasteiger partial charge in [-0.15, -0.1) is 0 Å². The van der Waals surface area contributed by atoms with Gasteiger partial charge in [-0.1, -0.05) is 43.9 Å². The molecule has 0 atom stereocenters. The average Bonchev–Trinajstić information content (AvgIpc) is 2.82. The summed E-state index contributed by atoms with van der Waals surface area (Å²) in [6.45, 7) is 0.375. The van der Waals surface area contributed by atoms with Crippen LogP contribution in [-0.2, 0) is 9.59 Å². The van der Waals surface area contributed by atoms with Crippen molar-refractivity contribution in [2.45, 2.75) is 44.1 Å². The summed E-state index contributed by atoms with van der Waals surface area (Å²) < 4.78 is 5.50. The second-order valence-corrected chi connectivity index (χ2v) is 6.83. The Kier molecular flexibility index (Phi) is 5.75. The predicted molar refractivity (Wildman–Crippen MR) is 95.6 cm³/mol. The zero-order valence-corrected chi connectivity index (χ0v) is 14.8. The zero-order chi connectivity index (χ0) is 18.4. The lowest BCUT2D eigenvalue weighted by atomic mass is 9.90. The number of urea groups is 1. The number of hydrogen-bond acceptors (Lipinski definition) is 4. The molecule has 1 aliphatic heterocycles. The SMILES string of the molecule is O=C(CN1C(=O)NC2(CCCCCC2)C1=O)NCCOc1ccccc1. The summed E-state index contributed by atoms with van der Waals surface area (Å²) in [5.74, 6) is 0.0991. The number of nitrogens with zero attached hydrogens (tertiary/aromatic N) is 1. The van der Waals surface area contributed by atoms with E-state index in [9.17, 15) is 14.4 Å². The molecule has 0 radical (unpaired) electrons. The molecule has 2 fully saturated rings. The van der Waals surface area contributed by atoms with Crippen LogP contribution >= 0.6 is 0 Å². The molecule has 1 heterocycles. The van der Waals surface area contributed by atoms with E-state index in [0.717, 1.165) is 36.3 Å². The van der Waals surface area contributed by atoms with Crippen LogP contribution in [0.1, 0.15) is 38.5 Å². The van der Waals surface area contributed by atoms with Crippen LogP contribution in [0.25, 0.3) is 0 Å². The Morgan fingerprint density at radius 2 is 1.81 bits per heavy atom. The van der Waals surface area contributed by atoms with Crippen molar-refractivity contribution in [2.24, 2.45) is 0 Å². The van der Waals surface area contributed by atoms with E-state index in [1.54, 1.807) is 0 Å². The molecule has 1 saturated carbocycles. The third-order valence-electron chi connectivity index (χ3n) is 4.94. The maximum absolute atomic E-state index is 12.7. The summed E-state index contributed by atoms with van der Waals surface area (Å²) in [4.78, 5) is 38.1. The van der Waals surface area contributed by atoms with Gasteiger partial charge in [-0.2, -0.15) is 0 Å². The highest BCUT2D eigenvalue weighted by Gasteiger charge is 2.50. The maximum Gasteiger partial charge on any atom is 0.325 e. The number of para-hydroxylation sites is 1. The van der Waals surface area contributed by atoms with Crippen LogP contribution in [0.2, 0.25) is 0 Å². The summed E-state index contributed by atoms with van der Waals surface area (Å²) in [7, 11) is 0. The molecule has 4 amide bonds. The highest BCUT2D eigenvalue weighted by Crippen LogP contribution is 2.32. The number of nitrogens with one attached hydrogen (secondary N) is 2. The Bertz CT molecular complexity index is 654. The number of imide groups is 1. The van der Waals surface area contributed by atoms with E-state index in [1.807, 2.05) is 30.3 Å². The van der Waals surface area contributed by atoms with Gasteiger partial charge in [-0.25, -0.2) is 4.79 Å². The second kappa shape index (κ2) is 8.21. The molecular formula is C19H25N3O4. The summed E-state index contributed by atoms with van der Waals surface area (Å²) in [5, 5.41) is 5.52. The fourth-order valence-electron chi connectivity index (χ4n) is 3.57. The van der Waals surface area contributed by atoms with Crippen molar-refractivity contribution < 1.29 is 19.1 Å². The van der Waals surface area contributed by atoms with Crippen molar-refractivity contribution in [3.8, 4) is 5.75 Å². The number of carbonyl (C=O) groups excluding carboxylic acids is 3. The number of carbonyl (C=O) groups is 3. The van der Waals surface area contributed by atoms with Gasteiger partial charge >= 0.3 is 6.03 Å². The van der Waals surface area contributed by atoms with Gasteiger partial charge in [0.05, 0.1) is 6.54 Å². The standard InChI is InChI=1S/C19H25N3O4/c23-16(20-12-13-26-15-8-4-3-5-9-15)14-22-17(24)19(21-18(22)25)10-6-1-2-7-11-19/h3-5,8-9H,1-2,6-7,10-14H2,(H,20,23)(H,21,25). The molecule has 1 aliphatic carbocycles. The maximum atomic E-state index is 12.7. The van der Waals surface area contributed by atoms with Crippen LogP contribution in [-0.4, -0.2) is 48.0 Å². The first-order valence-electron chi connectivity index (χ1n) is 9.19. The van der Waals surface area contributed by atoms with E-state index < -0.39 is 11.6 Å². The van der Waals surface area contributed by atoms with Crippen LogP contribution in [0, 0.1) is 0 Å². The number of rotatable bonds is 6. The van der Waals surface area contributed by atoms with Crippen LogP contribution in [0.4, 0.5) is 4.79 Å². The Morgan fingerprint density at radius 1 is 1.12 bits per heavy atom. The summed E-state index contributed by atoms with van der Waals surface area (Å²) in [5.41, 5.74) is -0.801. The molecule has 7 nitrogen and oxygen atoms in total. The topological polar surface area (TPSA) is 87.7 Å². The fourth-order valence-corrected chi connectivity index (χ4v) is 3.57. The molecule has 1 spiro atoms. The summed E-state index contributed by atoms with van der Waals surface area (Å²) >= 11 is 0. The van der Waals surface area contributed by atoms with Gasteiger partial charge in [-0.3, -0.25) is 14.5 Å². The molecule has 3 rings (SSSR count). The average molecular weight is 359 g/mol. The smallest absolute Gasteiger partial charge is 0.325 e. The van der Waals surface area contributed by atoms with Crippen LogP contribution < -0.4 is 15.4 Å². The van der Waals surface area contributed by atoms with E-state index in [4.69, 9.17) is 4.74 Å². The minimum Gasteiger partial charge on any atom is -0.492 e. The van der Waals surface area contributed by atoms with E-state index in [2.05, 4.69) is 10.6 Å². The third kappa shape index (κ3) is 4.15. The molecule has 1 aromatic rings. The number of benzene rings is 1. The van der Waals surface area contributed by atoms with Gasteiger partial charge in [0.15, 0.2) is 0 Å². The minimum atomic E-state index is -0.801. The molecule has 2 aliphatic rings. The largest absolute Gasteiger partial charge is 0.492 e. The van der Waals surface area contributed by atoms with Crippen molar-refractivity contribution in [3.63, 3.8) is 0 Å². The van der Waals surface area contributed by atoms with E-state index >= 15 is 0 Å². The first kappa shape index (κ1) is 18.2.